The number of rotatable bonds is 11. The molecule has 1 aliphatic carbocycles. The van der Waals surface area contributed by atoms with Crippen molar-refractivity contribution in [3.8, 4) is 0 Å². The van der Waals surface area contributed by atoms with Gasteiger partial charge < -0.3 is 35.6 Å². The summed E-state index contributed by atoms with van der Waals surface area (Å²) in [6, 6.07) is 24.6. The number of fused-ring (bicyclic) bond motifs is 2. The van der Waals surface area contributed by atoms with Gasteiger partial charge in [0, 0.05) is 38.0 Å². The van der Waals surface area contributed by atoms with Gasteiger partial charge in [-0.05, 0) is 36.1 Å². The summed E-state index contributed by atoms with van der Waals surface area (Å²) in [4.78, 5) is 42.4. The number of aromatic nitrogens is 6. The minimum absolute atomic E-state index is 0.00596. The molecular weight excluding hydrogens is 693 g/mol. The molecule has 0 radical (unpaired) electrons. The van der Waals surface area contributed by atoms with Crippen molar-refractivity contribution in [3.05, 3.63) is 102 Å². The molecule has 2 aliphatic rings. The standard InChI is InChI=1S/C38H40N10O4S/c1-2-30(49)42-28-18-29(34(51)33(28)50)48-21-40-32-35(39-19-26(22-10-5-3-6-11-22)23-12-7-4-8-13-23)43-38(44-36(32)48)47-17-16-24(20-47)41-37(52)25-14-9-15-27-31(25)46-53-45-27/h3-15,21,24,26,28-29,33-34,50-51H,2,16-20H2,1H3,(H,41,52)(H,42,49)(H,39,43,44)/t24-,28+,29-,33-,34+/m1/s1. The maximum Gasteiger partial charge on any atom is 0.253 e. The Morgan fingerprint density at radius 1 is 0.906 bits per heavy atom. The van der Waals surface area contributed by atoms with E-state index in [1.165, 1.54) is 0 Å². The first-order chi connectivity index (χ1) is 25.9. The van der Waals surface area contributed by atoms with Crippen LogP contribution in [0.25, 0.3) is 22.2 Å². The molecule has 0 bridgehead atoms. The van der Waals surface area contributed by atoms with Crippen LogP contribution in [0.5, 0.6) is 0 Å². The van der Waals surface area contributed by atoms with Crippen LogP contribution in [0.3, 0.4) is 0 Å². The van der Waals surface area contributed by atoms with Crippen LogP contribution >= 0.6 is 11.7 Å². The first kappa shape index (κ1) is 34.6. The molecule has 14 nitrogen and oxygen atoms in total. The lowest BCUT2D eigenvalue weighted by molar-refractivity contribution is -0.122. The highest BCUT2D eigenvalue weighted by atomic mass is 32.1. The maximum atomic E-state index is 13.4. The second-order valence-corrected chi connectivity index (χ2v) is 14.1. The summed E-state index contributed by atoms with van der Waals surface area (Å²) in [6.45, 7) is 3.33. The van der Waals surface area contributed by atoms with E-state index in [1.54, 1.807) is 30.0 Å². The van der Waals surface area contributed by atoms with Crippen LogP contribution in [-0.4, -0.2) is 94.2 Å². The molecule has 3 aromatic carbocycles. The molecule has 3 aromatic heterocycles. The fourth-order valence-corrected chi connectivity index (χ4v) is 8.01. The molecule has 5 atom stereocenters. The molecule has 2 amide bonds. The quantitative estimate of drug-likeness (QED) is 0.131. The number of aliphatic hydroxyl groups is 2. The van der Waals surface area contributed by atoms with Gasteiger partial charge in [-0.3, -0.25) is 9.59 Å². The van der Waals surface area contributed by atoms with Crippen molar-refractivity contribution in [2.45, 2.75) is 62.4 Å². The van der Waals surface area contributed by atoms with Crippen LogP contribution in [0.15, 0.2) is 85.2 Å². The second kappa shape index (κ2) is 14.8. The summed E-state index contributed by atoms with van der Waals surface area (Å²) in [6.07, 6.45) is 0.547. The average molecular weight is 733 g/mol. The van der Waals surface area contributed by atoms with Crippen LogP contribution in [-0.2, 0) is 4.79 Å². The fourth-order valence-electron chi connectivity index (χ4n) is 7.46. The lowest BCUT2D eigenvalue weighted by Crippen LogP contribution is -2.42. The molecule has 53 heavy (non-hydrogen) atoms. The highest BCUT2D eigenvalue weighted by molar-refractivity contribution is 7.00. The van der Waals surface area contributed by atoms with E-state index in [4.69, 9.17) is 15.0 Å². The first-order valence-corrected chi connectivity index (χ1v) is 18.6. The van der Waals surface area contributed by atoms with Gasteiger partial charge in [0.25, 0.3) is 5.91 Å². The average Bonchev–Trinajstić information content (AvgIpc) is 4.00. The zero-order valence-corrected chi connectivity index (χ0v) is 29.9. The van der Waals surface area contributed by atoms with Gasteiger partial charge in [0.15, 0.2) is 17.0 Å². The maximum absolute atomic E-state index is 13.4. The molecule has 8 rings (SSSR count). The smallest absolute Gasteiger partial charge is 0.253 e. The van der Waals surface area contributed by atoms with Crippen LogP contribution in [0.2, 0.25) is 0 Å². The summed E-state index contributed by atoms with van der Waals surface area (Å²) < 4.78 is 10.4. The summed E-state index contributed by atoms with van der Waals surface area (Å²) in [5.41, 5.74) is 5.06. The molecule has 1 saturated carbocycles. The fraction of sp³-hybridized carbons (Fsp3) is 0.342. The van der Waals surface area contributed by atoms with E-state index in [-0.39, 0.29) is 30.2 Å². The van der Waals surface area contributed by atoms with Crippen molar-refractivity contribution in [2.75, 3.05) is 29.9 Å². The third-order valence-electron chi connectivity index (χ3n) is 10.3. The minimum atomic E-state index is -1.16. The van der Waals surface area contributed by atoms with Crippen molar-refractivity contribution >= 4 is 57.5 Å². The number of carbonyl (C=O) groups excluding carboxylic acids is 2. The Morgan fingerprint density at radius 3 is 2.40 bits per heavy atom. The Morgan fingerprint density at radius 2 is 1.66 bits per heavy atom. The number of hydrogen-bond donors (Lipinski definition) is 5. The van der Waals surface area contributed by atoms with Gasteiger partial charge in [-0.2, -0.15) is 18.7 Å². The topological polar surface area (TPSA) is 183 Å². The monoisotopic (exact) mass is 732 g/mol. The summed E-state index contributed by atoms with van der Waals surface area (Å²) in [7, 11) is 0. The Balaban J connectivity index is 1.11. The van der Waals surface area contributed by atoms with E-state index in [2.05, 4.69) is 49.0 Å². The molecule has 6 aromatic rings. The van der Waals surface area contributed by atoms with E-state index in [1.807, 2.05) is 47.4 Å². The number of amides is 2. The minimum Gasteiger partial charge on any atom is -0.388 e. The SMILES string of the molecule is CCC(=O)N[C@H]1C[C@@H](n2cnc3c(NCC(c4ccccc4)c4ccccc4)nc(N4CC[C@@H](NC(=O)c5cccc6nsnc56)C4)nc32)[C@H](O)[C@@H]1O. The number of nitrogens with zero attached hydrogens (tertiary/aromatic N) is 7. The number of hydrogen-bond acceptors (Lipinski definition) is 12. The van der Waals surface area contributed by atoms with Crippen molar-refractivity contribution in [1.29, 1.82) is 0 Å². The molecular formula is C38H40N10O4S. The van der Waals surface area contributed by atoms with E-state index < -0.39 is 24.3 Å². The Hall–Kier alpha value is -5.51. The molecule has 5 N–H and O–H groups in total. The van der Waals surface area contributed by atoms with Crippen LogP contribution in [0.4, 0.5) is 11.8 Å². The summed E-state index contributed by atoms with van der Waals surface area (Å²) in [5, 5.41) is 31.7. The van der Waals surface area contributed by atoms with Crippen LogP contribution in [0, 0.1) is 0 Å². The number of benzene rings is 3. The van der Waals surface area contributed by atoms with Crippen molar-refractivity contribution in [2.24, 2.45) is 0 Å². The Kier molecular flexibility index (Phi) is 9.69. The lowest BCUT2D eigenvalue weighted by Gasteiger charge is -2.22. The second-order valence-electron chi connectivity index (χ2n) is 13.6. The Labute approximate surface area is 309 Å². The highest BCUT2D eigenvalue weighted by Crippen LogP contribution is 2.35. The molecule has 1 saturated heterocycles. The van der Waals surface area contributed by atoms with Crippen LogP contribution in [0.1, 0.15) is 59.6 Å². The third kappa shape index (κ3) is 6.90. The number of aliphatic hydroxyl groups excluding tert-OH is 2. The Bertz CT molecular complexity index is 2190. The zero-order valence-electron chi connectivity index (χ0n) is 29.0. The molecule has 2 fully saturated rings. The number of carbonyl (C=O) groups is 2. The van der Waals surface area contributed by atoms with Gasteiger partial charge in [-0.25, -0.2) is 4.98 Å². The van der Waals surface area contributed by atoms with Gasteiger partial charge in [-0.15, -0.1) is 0 Å². The predicted molar refractivity (Wildman–Crippen MR) is 202 cm³/mol. The van der Waals surface area contributed by atoms with E-state index >= 15 is 0 Å². The van der Waals surface area contributed by atoms with Gasteiger partial charge >= 0.3 is 0 Å². The molecule has 15 heteroatoms. The summed E-state index contributed by atoms with van der Waals surface area (Å²) in [5.74, 6) is 0.573. The van der Waals surface area contributed by atoms with Gasteiger partial charge in [-0.1, -0.05) is 73.7 Å². The molecule has 0 unspecified atom stereocenters. The van der Waals surface area contributed by atoms with Crippen LogP contribution < -0.4 is 20.9 Å². The normalized spacial score (nSPS) is 21.4. The van der Waals surface area contributed by atoms with Crippen molar-refractivity contribution in [3.63, 3.8) is 0 Å². The van der Waals surface area contributed by atoms with E-state index in [0.717, 1.165) is 22.9 Å². The first-order valence-electron chi connectivity index (χ1n) is 17.9. The summed E-state index contributed by atoms with van der Waals surface area (Å²) >= 11 is 1.08. The van der Waals surface area contributed by atoms with E-state index in [9.17, 15) is 19.8 Å². The van der Waals surface area contributed by atoms with E-state index in [0.29, 0.717) is 72.0 Å². The number of nitrogens with one attached hydrogen (secondary N) is 3. The number of imidazole rings is 1. The third-order valence-corrected chi connectivity index (χ3v) is 10.8. The highest BCUT2D eigenvalue weighted by Gasteiger charge is 2.44. The zero-order chi connectivity index (χ0) is 36.5. The molecule has 0 spiro atoms. The van der Waals surface area contributed by atoms with Gasteiger partial charge in [0.1, 0.15) is 23.2 Å². The number of anilines is 2. The van der Waals surface area contributed by atoms with Gasteiger partial charge in [0.05, 0.1) is 35.7 Å². The van der Waals surface area contributed by atoms with Crippen molar-refractivity contribution < 1.29 is 19.8 Å². The van der Waals surface area contributed by atoms with Crippen molar-refractivity contribution in [1.82, 2.24) is 38.9 Å². The lowest BCUT2D eigenvalue weighted by atomic mass is 9.91. The largest absolute Gasteiger partial charge is 0.388 e. The molecule has 4 heterocycles. The molecule has 1 aliphatic heterocycles. The predicted octanol–water partition coefficient (Wildman–Crippen LogP) is 3.65. The molecule has 272 valence electrons. The van der Waals surface area contributed by atoms with Gasteiger partial charge in [0.2, 0.25) is 11.9 Å².